The van der Waals surface area contributed by atoms with Crippen molar-refractivity contribution in [3.05, 3.63) is 70.8 Å². The average Bonchev–Trinajstić information content (AvgIpc) is 2.46. The van der Waals surface area contributed by atoms with E-state index in [2.05, 4.69) is 20.8 Å². The van der Waals surface area contributed by atoms with Gasteiger partial charge in [0.15, 0.2) is 5.78 Å². The molecule has 0 aliphatic rings. The van der Waals surface area contributed by atoms with Gasteiger partial charge in [0.25, 0.3) is 0 Å². The van der Waals surface area contributed by atoms with Crippen molar-refractivity contribution in [2.24, 2.45) is 0 Å². The normalized spacial score (nSPS) is 12.3. The van der Waals surface area contributed by atoms with Gasteiger partial charge in [0.2, 0.25) is 0 Å². The summed E-state index contributed by atoms with van der Waals surface area (Å²) in [5.41, 5.74) is 1.60. The third-order valence-corrected chi connectivity index (χ3v) is 3.72. The Morgan fingerprint density at radius 2 is 1.30 bits per heavy atom. The van der Waals surface area contributed by atoms with Gasteiger partial charge in [-0.05, 0) is 28.7 Å². The second-order valence-corrected chi connectivity index (χ2v) is 6.62. The molecule has 2 rings (SSSR count). The number of alkyl halides is 3. The standard InChI is InChI=1S/C19H19F3O/c1-18(2,3)15-8-4-13(5-9-15)12-17(23)14-6-10-16(11-7-14)19(20,21)22/h4-11H,12H2,1-3H3. The van der Waals surface area contributed by atoms with Crippen LogP contribution in [-0.4, -0.2) is 5.78 Å². The molecule has 0 unspecified atom stereocenters. The summed E-state index contributed by atoms with van der Waals surface area (Å²) in [4.78, 5) is 12.2. The van der Waals surface area contributed by atoms with Gasteiger partial charge in [-0.1, -0.05) is 57.2 Å². The molecule has 0 spiro atoms. The number of carbonyl (C=O) groups excluding carboxylic acids is 1. The Balaban J connectivity index is 2.10. The van der Waals surface area contributed by atoms with Crippen LogP contribution in [0.15, 0.2) is 48.5 Å². The van der Waals surface area contributed by atoms with E-state index in [1.54, 1.807) is 0 Å². The van der Waals surface area contributed by atoms with Crippen LogP contribution in [-0.2, 0) is 18.0 Å². The monoisotopic (exact) mass is 320 g/mol. The van der Waals surface area contributed by atoms with E-state index in [4.69, 9.17) is 0 Å². The predicted octanol–water partition coefficient (Wildman–Crippen LogP) is 5.43. The van der Waals surface area contributed by atoms with Crippen molar-refractivity contribution in [1.29, 1.82) is 0 Å². The maximum absolute atomic E-state index is 12.5. The zero-order valence-electron chi connectivity index (χ0n) is 13.4. The van der Waals surface area contributed by atoms with Crippen LogP contribution < -0.4 is 0 Å². The number of benzene rings is 2. The van der Waals surface area contributed by atoms with Crippen LogP contribution in [0.2, 0.25) is 0 Å². The zero-order valence-corrected chi connectivity index (χ0v) is 13.4. The minimum Gasteiger partial charge on any atom is -0.294 e. The minimum absolute atomic E-state index is 0.0377. The van der Waals surface area contributed by atoms with Crippen molar-refractivity contribution in [1.82, 2.24) is 0 Å². The van der Waals surface area contributed by atoms with E-state index in [1.807, 2.05) is 24.3 Å². The van der Waals surface area contributed by atoms with Crippen molar-refractivity contribution in [3.8, 4) is 0 Å². The minimum atomic E-state index is -4.38. The van der Waals surface area contributed by atoms with Crippen molar-refractivity contribution in [2.75, 3.05) is 0 Å². The highest BCUT2D eigenvalue weighted by Gasteiger charge is 2.30. The Morgan fingerprint density at radius 1 is 0.826 bits per heavy atom. The maximum Gasteiger partial charge on any atom is 0.416 e. The average molecular weight is 320 g/mol. The number of Topliss-reactive ketones (excluding diaryl/α,β-unsaturated/α-hetero) is 1. The first-order valence-electron chi connectivity index (χ1n) is 7.37. The van der Waals surface area contributed by atoms with Gasteiger partial charge in [-0.2, -0.15) is 13.2 Å². The summed E-state index contributed by atoms with van der Waals surface area (Å²) in [6, 6.07) is 12.1. The molecule has 1 nitrogen and oxygen atoms in total. The number of ketones is 1. The summed E-state index contributed by atoms with van der Waals surface area (Å²) in [7, 11) is 0. The van der Waals surface area contributed by atoms with Crippen molar-refractivity contribution in [2.45, 2.75) is 38.8 Å². The molecule has 0 saturated heterocycles. The van der Waals surface area contributed by atoms with Crippen LogP contribution in [0.1, 0.15) is 47.8 Å². The van der Waals surface area contributed by atoms with Crippen LogP contribution in [0.3, 0.4) is 0 Å². The highest BCUT2D eigenvalue weighted by molar-refractivity contribution is 5.97. The molecule has 2 aromatic rings. The third kappa shape index (κ3) is 4.44. The van der Waals surface area contributed by atoms with E-state index < -0.39 is 11.7 Å². The molecule has 0 atom stereocenters. The smallest absolute Gasteiger partial charge is 0.294 e. The molecule has 0 aromatic heterocycles. The fraction of sp³-hybridized carbons (Fsp3) is 0.316. The second kappa shape index (κ2) is 6.19. The SMILES string of the molecule is CC(C)(C)c1ccc(CC(=O)c2ccc(C(F)(F)F)cc2)cc1. The van der Waals surface area contributed by atoms with Gasteiger partial charge < -0.3 is 0 Å². The van der Waals surface area contributed by atoms with Crippen LogP contribution in [0, 0.1) is 0 Å². The molecule has 23 heavy (non-hydrogen) atoms. The number of hydrogen-bond acceptors (Lipinski definition) is 1. The van der Waals surface area contributed by atoms with E-state index in [0.717, 1.165) is 17.7 Å². The molecule has 0 N–H and O–H groups in total. The summed E-state index contributed by atoms with van der Waals surface area (Å²) >= 11 is 0. The molecule has 0 aliphatic carbocycles. The summed E-state index contributed by atoms with van der Waals surface area (Å²) in [6.07, 6.45) is -4.21. The second-order valence-electron chi connectivity index (χ2n) is 6.62. The molecule has 122 valence electrons. The Bertz CT molecular complexity index is 675. The molecular formula is C19H19F3O. The quantitative estimate of drug-likeness (QED) is 0.689. The number of rotatable bonds is 3. The topological polar surface area (TPSA) is 17.1 Å². The fourth-order valence-corrected chi connectivity index (χ4v) is 2.26. The highest BCUT2D eigenvalue weighted by Crippen LogP contribution is 2.29. The van der Waals surface area contributed by atoms with E-state index in [-0.39, 0.29) is 23.2 Å². The largest absolute Gasteiger partial charge is 0.416 e. The van der Waals surface area contributed by atoms with Gasteiger partial charge in [-0.25, -0.2) is 0 Å². The molecular weight excluding hydrogens is 301 g/mol. The lowest BCUT2D eigenvalue weighted by Gasteiger charge is -2.19. The third-order valence-electron chi connectivity index (χ3n) is 3.72. The molecule has 0 fully saturated rings. The van der Waals surface area contributed by atoms with E-state index >= 15 is 0 Å². The molecule has 0 bridgehead atoms. The van der Waals surface area contributed by atoms with Crippen LogP contribution in [0.4, 0.5) is 13.2 Å². The lowest BCUT2D eigenvalue weighted by atomic mass is 9.86. The molecule has 0 radical (unpaired) electrons. The predicted molar refractivity (Wildman–Crippen MR) is 84.6 cm³/mol. The number of halogens is 3. The van der Waals surface area contributed by atoms with Crippen molar-refractivity contribution < 1.29 is 18.0 Å². The maximum atomic E-state index is 12.5. The molecule has 0 heterocycles. The molecule has 4 heteroatoms. The summed E-state index contributed by atoms with van der Waals surface area (Å²) < 4.78 is 37.6. The van der Waals surface area contributed by atoms with Gasteiger partial charge in [-0.15, -0.1) is 0 Å². The first-order valence-corrected chi connectivity index (χ1v) is 7.37. The number of hydrogen-bond donors (Lipinski definition) is 0. The van der Waals surface area contributed by atoms with Gasteiger partial charge >= 0.3 is 6.18 Å². The molecule has 0 amide bonds. The van der Waals surface area contributed by atoms with Gasteiger partial charge in [0.05, 0.1) is 5.56 Å². The lowest BCUT2D eigenvalue weighted by molar-refractivity contribution is -0.137. The van der Waals surface area contributed by atoms with Crippen LogP contribution in [0.25, 0.3) is 0 Å². The summed E-state index contributed by atoms with van der Waals surface area (Å²) in [6.45, 7) is 6.32. The summed E-state index contributed by atoms with van der Waals surface area (Å²) in [5, 5.41) is 0. The Kier molecular flexibility index (Phi) is 4.64. The van der Waals surface area contributed by atoms with Crippen LogP contribution >= 0.6 is 0 Å². The Labute approximate surface area is 134 Å². The fourth-order valence-electron chi connectivity index (χ4n) is 2.26. The molecule has 0 aliphatic heterocycles. The molecule has 2 aromatic carbocycles. The summed E-state index contributed by atoms with van der Waals surface area (Å²) in [5.74, 6) is -0.192. The van der Waals surface area contributed by atoms with Gasteiger partial charge in [0, 0.05) is 12.0 Å². The lowest BCUT2D eigenvalue weighted by Crippen LogP contribution is -2.11. The number of carbonyl (C=O) groups is 1. The van der Waals surface area contributed by atoms with Crippen LogP contribution in [0.5, 0.6) is 0 Å². The first kappa shape index (κ1) is 17.3. The highest BCUT2D eigenvalue weighted by atomic mass is 19.4. The first-order chi connectivity index (χ1) is 10.6. The van der Waals surface area contributed by atoms with Gasteiger partial charge in [0.1, 0.15) is 0 Å². The van der Waals surface area contributed by atoms with E-state index in [9.17, 15) is 18.0 Å². The molecule has 0 saturated carbocycles. The Hall–Kier alpha value is -2.10. The van der Waals surface area contributed by atoms with Crippen molar-refractivity contribution in [3.63, 3.8) is 0 Å². The zero-order chi connectivity index (χ0) is 17.3. The van der Waals surface area contributed by atoms with Gasteiger partial charge in [-0.3, -0.25) is 4.79 Å². The van der Waals surface area contributed by atoms with Crippen molar-refractivity contribution >= 4 is 5.78 Å². The Morgan fingerprint density at radius 3 is 1.74 bits per heavy atom. The van der Waals surface area contributed by atoms with E-state index in [0.29, 0.717) is 0 Å². The van der Waals surface area contributed by atoms with E-state index in [1.165, 1.54) is 17.7 Å².